The molecule has 2 amide bonds. The SMILES string of the molecule is CC(=O)N[C@@H](CCN1C2CCC23CC(n2c(C)nc4c2CN(C(C)=O)CC4)CC13)c1cccc(F)c1. The Hall–Kier alpha value is -2.74. The third-order valence-electron chi connectivity index (χ3n) is 9.47. The van der Waals surface area contributed by atoms with Crippen molar-refractivity contribution in [1.29, 1.82) is 0 Å². The molecule has 1 saturated heterocycles. The van der Waals surface area contributed by atoms with Gasteiger partial charge >= 0.3 is 0 Å². The number of benzene rings is 1. The molecule has 3 heterocycles. The zero-order chi connectivity index (χ0) is 25.2. The van der Waals surface area contributed by atoms with Gasteiger partial charge in [0.1, 0.15) is 11.6 Å². The fourth-order valence-electron chi connectivity index (χ4n) is 7.87. The molecule has 8 heteroatoms. The summed E-state index contributed by atoms with van der Waals surface area (Å²) in [5.41, 5.74) is 3.62. The number of aryl methyl sites for hydroxylation is 1. The Morgan fingerprint density at radius 1 is 1.28 bits per heavy atom. The van der Waals surface area contributed by atoms with Crippen LogP contribution in [0.1, 0.15) is 80.8 Å². The Balaban J connectivity index is 1.18. The molecule has 1 spiro atoms. The van der Waals surface area contributed by atoms with E-state index >= 15 is 0 Å². The first-order chi connectivity index (χ1) is 17.3. The first-order valence-electron chi connectivity index (χ1n) is 13.4. The van der Waals surface area contributed by atoms with Crippen LogP contribution in [0.2, 0.25) is 0 Å². The standard InChI is InChI=1S/C28H36FN5O2/c1-17-30-24-8-11-32(19(3)36)16-25(24)34(17)22-14-27-28(15-22)10-7-26(28)33(27)12-9-23(31-18(2)35)20-5-4-6-21(29)13-20/h4-6,13,22-23,26-27H,7-12,14-16H2,1-3H3,(H,31,35)/t22?,23-,26?,27?,28?/m0/s1. The topological polar surface area (TPSA) is 70.5 Å². The highest BCUT2D eigenvalue weighted by atomic mass is 19.1. The fraction of sp³-hybridized carbons (Fsp3) is 0.607. The van der Waals surface area contributed by atoms with Gasteiger partial charge in [-0.3, -0.25) is 14.5 Å². The van der Waals surface area contributed by atoms with Gasteiger partial charge in [-0.1, -0.05) is 12.1 Å². The summed E-state index contributed by atoms with van der Waals surface area (Å²) in [6, 6.07) is 7.95. The highest BCUT2D eigenvalue weighted by Crippen LogP contribution is 2.67. The van der Waals surface area contributed by atoms with Crippen LogP contribution < -0.4 is 5.32 Å². The van der Waals surface area contributed by atoms with Crippen molar-refractivity contribution >= 4 is 11.8 Å². The van der Waals surface area contributed by atoms with Gasteiger partial charge in [0, 0.05) is 56.9 Å². The first-order valence-corrected chi connectivity index (χ1v) is 13.4. The van der Waals surface area contributed by atoms with Gasteiger partial charge in [0.05, 0.1) is 24.0 Å². The Morgan fingerprint density at radius 3 is 2.81 bits per heavy atom. The largest absolute Gasteiger partial charge is 0.349 e. The van der Waals surface area contributed by atoms with Gasteiger partial charge in [-0.25, -0.2) is 9.37 Å². The molecule has 2 aliphatic heterocycles. The summed E-state index contributed by atoms with van der Waals surface area (Å²) >= 11 is 0. The summed E-state index contributed by atoms with van der Waals surface area (Å²) in [6.07, 6.45) is 6.40. The Morgan fingerprint density at radius 2 is 2.11 bits per heavy atom. The lowest BCUT2D eigenvalue weighted by Gasteiger charge is -2.68. The molecule has 4 aliphatic rings. The molecular formula is C28H36FN5O2. The smallest absolute Gasteiger partial charge is 0.219 e. The van der Waals surface area contributed by atoms with Crippen LogP contribution in [0.5, 0.6) is 0 Å². The van der Waals surface area contributed by atoms with E-state index in [1.807, 2.05) is 11.0 Å². The number of aromatic nitrogens is 2. The average molecular weight is 494 g/mol. The minimum atomic E-state index is -0.272. The van der Waals surface area contributed by atoms with E-state index in [1.165, 1.54) is 44.0 Å². The molecule has 4 unspecified atom stereocenters. The van der Waals surface area contributed by atoms with Gasteiger partial charge in [0.2, 0.25) is 11.8 Å². The van der Waals surface area contributed by atoms with Crippen LogP contribution in [-0.2, 0) is 22.6 Å². The number of likely N-dealkylation sites (tertiary alicyclic amines) is 1. The molecule has 1 N–H and O–H groups in total. The van der Waals surface area contributed by atoms with Gasteiger partial charge in [-0.05, 0) is 56.7 Å². The number of piperidine rings is 1. The summed E-state index contributed by atoms with van der Waals surface area (Å²) in [4.78, 5) is 33.5. The number of amides is 2. The Labute approximate surface area is 212 Å². The number of imidazole rings is 1. The summed E-state index contributed by atoms with van der Waals surface area (Å²) in [5, 5.41) is 3.04. The van der Waals surface area contributed by atoms with Crippen molar-refractivity contribution in [3.63, 3.8) is 0 Å². The number of carbonyl (C=O) groups excluding carboxylic acids is 2. The van der Waals surface area contributed by atoms with Gasteiger partial charge in [0.15, 0.2) is 0 Å². The minimum Gasteiger partial charge on any atom is -0.349 e. The summed E-state index contributed by atoms with van der Waals surface area (Å²) in [7, 11) is 0. The number of hydrogen-bond acceptors (Lipinski definition) is 4. The average Bonchev–Trinajstić information content (AvgIpc) is 3.36. The Kier molecular flexibility index (Phi) is 5.70. The Bertz CT molecular complexity index is 1210. The van der Waals surface area contributed by atoms with E-state index in [1.54, 1.807) is 13.0 Å². The van der Waals surface area contributed by atoms with E-state index in [0.717, 1.165) is 49.4 Å². The summed E-state index contributed by atoms with van der Waals surface area (Å²) in [5.74, 6) is 0.846. The van der Waals surface area contributed by atoms with Crippen molar-refractivity contribution in [2.75, 3.05) is 13.1 Å². The van der Waals surface area contributed by atoms with Crippen molar-refractivity contribution in [2.24, 2.45) is 5.41 Å². The lowest BCUT2D eigenvalue weighted by molar-refractivity contribution is -0.188. The first kappa shape index (κ1) is 23.6. The molecule has 6 rings (SSSR count). The predicted molar refractivity (Wildman–Crippen MR) is 134 cm³/mol. The van der Waals surface area contributed by atoms with Crippen LogP contribution in [0.15, 0.2) is 24.3 Å². The highest BCUT2D eigenvalue weighted by molar-refractivity contribution is 5.73. The quantitative estimate of drug-likeness (QED) is 0.667. The lowest BCUT2D eigenvalue weighted by atomic mass is 9.53. The van der Waals surface area contributed by atoms with Crippen molar-refractivity contribution in [3.8, 4) is 0 Å². The second-order valence-electron chi connectivity index (χ2n) is 11.3. The van der Waals surface area contributed by atoms with Gasteiger partial charge in [-0.15, -0.1) is 0 Å². The van der Waals surface area contributed by atoms with Crippen LogP contribution in [-0.4, -0.2) is 56.3 Å². The summed E-state index contributed by atoms with van der Waals surface area (Å²) < 4.78 is 16.3. The third kappa shape index (κ3) is 3.67. The number of halogens is 1. The molecule has 0 bridgehead atoms. The van der Waals surface area contributed by atoms with Crippen molar-refractivity contribution in [1.82, 2.24) is 24.7 Å². The number of rotatable bonds is 6. The maximum atomic E-state index is 13.9. The van der Waals surface area contributed by atoms with E-state index < -0.39 is 0 Å². The van der Waals surface area contributed by atoms with Crippen LogP contribution >= 0.6 is 0 Å². The molecule has 2 aliphatic carbocycles. The second kappa shape index (κ2) is 8.68. The molecule has 3 fully saturated rings. The predicted octanol–water partition coefficient (Wildman–Crippen LogP) is 3.67. The minimum absolute atomic E-state index is 0.0910. The fourth-order valence-corrected chi connectivity index (χ4v) is 7.87. The molecule has 1 aromatic carbocycles. The van der Waals surface area contributed by atoms with Crippen molar-refractivity contribution in [2.45, 2.75) is 90.0 Å². The van der Waals surface area contributed by atoms with E-state index in [-0.39, 0.29) is 23.7 Å². The van der Waals surface area contributed by atoms with E-state index in [0.29, 0.717) is 30.1 Å². The summed E-state index contributed by atoms with van der Waals surface area (Å²) in [6.45, 7) is 7.61. The van der Waals surface area contributed by atoms with Gasteiger partial charge < -0.3 is 14.8 Å². The van der Waals surface area contributed by atoms with Crippen molar-refractivity contribution in [3.05, 3.63) is 52.9 Å². The lowest BCUT2D eigenvalue weighted by Crippen LogP contribution is -2.74. The van der Waals surface area contributed by atoms with Crippen LogP contribution in [0.3, 0.4) is 0 Å². The number of nitrogens with zero attached hydrogens (tertiary/aromatic N) is 4. The zero-order valence-corrected chi connectivity index (χ0v) is 21.5. The third-order valence-corrected chi connectivity index (χ3v) is 9.47. The molecule has 192 valence electrons. The maximum Gasteiger partial charge on any atom is 0.219 e. The van der Waals surface area contributed by atoms with E-state index in [2.05, 4.69) is 21.7 Å². The zero-order valence-electron chi connectivity index (χ0n) is 21.5. The maximum absolute atomic E-state index is 13.9. The van der Waals surface area contributed by atoms with Gasteiger partial charge in [0.25, 0.3) is 0 Å². The van der Waals surface area contributed by atoms with Gasteiger partial charge in [-0.2, -0.15) is 0 Å². The number of fused-ring (bicyclic) bond motifs is 1. The molecule has 7 nitrogen and oxygen atoms in total. The molecule has 5 atom stereocenters. The van der Waals surface area contributed by atoms with E-state index in [4.69, 9.17) is 4.98 Å². The number of hydrogen-bond donors (Lipinski definition) is 1. The van der Waals surface area contributed by atoms with Crippen LogP contribution in [0.4, 0.5) is 4.39 Å². The second-order valence-corrected chi connectivity index (χ2v) is 11.3. The number of carbonyl (C=O) groups is 2. The molecule has 1 aromatic heterocycles. The highest BCUT2D eigenvalue weighted by Gasteiger charge is 2.69. The van der Waals surface area contributed by atoms with Crippen molar-refractivity contribution < 1.29 is 14.0 Å². The molecular weight excluding hydrogens is 457 g/mol. The number of nitrogens with one attached hydrogen (secondary N) is 1. The van der Waals surface area contributed by atoms with Crippen LogP contribution in [0, 0.1) is 18.2 Å². The molecule has 2 aromatic rings. The normalized spacial score (nSPS) is 29.4. The van der Waals surface area contributed by atoms with Crippen LogP contribution in [0.25, 0.3) is 0 Å². The molecule has 0 radical (unpaired) electrons. The monoisotopic (exact) mass is 493 g/mol. The van der Waals surface area contributed by atoms with E-state index in [9.17, 15) is 14.0 Å². The molecule has 36 heavy (non-hydrogen) atoms. The molecule has 2 saturated carbocycles.